The lowest BCUT2D eigenvalue weighted by Gasteiger charge is -2.08. The van der Waals surface area contributed by atoms with Crippen molar-refractivity contribution in [2.75, 3.05) is 5.32 Å². The number of anilines is 1. The van der Waals surface area contributed by atoms with Gasteiger partial charge < -0.3 is 5.32 Å². The Morgan fingerprint density at radius 1 is 1.26 bits per heavy atom. The van der Waals surface area contributed by atoms with Crippen LogP contribution >= 0.6 is 23.2 Å². The van der Waals surface area contributed by atoms with Crippen LogP contribution in [0.4, 0.5) is 10.1 Å². The van der Waals surface area contributed by atoms with Crippen molar-refractivity contribution in [1.29, 1.82) is 0 Å². The number of pyridine rings is 1. The smallest absolute Gasteiger partial charge is 0.258 e. The van der Waals surface area contributed by atoms with Gasteiger partial charge in [-0.25, -0.2) is 9.37 Å². The Morgan fingerprint density at radius 2 is 2.00 bits per heavy atom. The van der Waals surface area contributed by atoms with Crippen LogP contribution in [0.15, 0.2) is 30.3 Å². The molecule has 0 aliphatic carbocycles. The van der Waals surface area contributed by atoms with E-state index in [9.17, 15) is 9.18 Å². The highest BCUT2D eigenvalue weighted by molar-refractivity contribution is 6.35. The summed E-state index contributed by atoms with van der Waals surface area (Å²) in [5, 5.41) is 2.59. The van der Waals surface area contributed by atoms with Crippen LogP contribution in [0.25, 0.3) is 0 Å². The molecular formula is C13H9Cl2FN2O. The summed E-state index contributed by atoms with van der Waals surface area (Å²) >= 11 is 11.4. The van der Waals surface area contributed by atoms with Gasteiger partial charge in [-0.2, -0.15) is 0 Å². The molecule has 1 N–H and O–H groups in total. The Hall–Kier alpha value is -1.65. The topological polar surface area (TPSA) is 42.0 Å². The van der Waals surface area contributed by atoms with E-state index in [1.165, 1.54) is 24.3 Å². The number of amides is 1. The minimum Gasteiger partial charge on any atom is -0.319 e. The molecule has 0 aliphatic rings. The molecule has 2 aromatic rings. The number of nitrogens with one attached hydrogen (secondary N) is 1. The molecule has 6 heteroatoms. The van der Waals surface area contributed by atoms with Crippen LogP contribution in [-0.2, 0) is 0 Å². The van der Waals surface area contributed by atoms with Crippen molar-refractivity contribution >= 4 is 34.8 Å². The first kappa shape index (κ1) is 13.8. The molecule has 0 bridgehead atoms. The second-order valence-electron chi connectivity index (χ2n) is 3.91. The van der Waals surface area contributed by atoms with Gasteiger partial charge in [-0.1, -0.05) is 29.3 Å². The van der Waals surface area contributed by atoms with Crippen LogP contribution in [0.2, 0.25) is 10.3 Å². The fourth-order valence-electron chi connectivity index (χ4n) is 1.49. The maximum absolute atomic E-state index is 13.6. The van der Waals surface area contributed by atoms with Crippen molar-refractivity contribution in [1.82, 2.24) is 4.98 Å². The first-order valence-electron chi connectivity index (χ1n) is 5.37. The van der Waals surface area contributed by atoms with E-state index in [1.54, 1.807) is 13.0 Å². The zero-order valence-corrected chi connectivity index (χ0v) is 11.4. The summed E-state index contributed by atoms with van der Waals surface area (Å²) in [6.07, 6.45) is 0. The monoisotopic (exact) mass is 298 g/mol. The summed E-state index contributed by atoms with van der Waals surface area (Å²) in [6.45, 7) is 1.76. The van der Waals surface area contributed by atoms with Crippen LogP contribution in [0.3, 0.4) is 0 Å². The Balaban J connectivity index is 2.25. The van der Waals surface area contributed by atoms with Crippen LogP contribution in [0.5, 0.6) is 0 Å². The van der Waals surface area contributed by atoms with E-state index in [-0.39, 0.29) is 21.6 Å². The van der Waals surface area contributed by atoms with Gasteiger partial charge in [0.2, 0.25) is 0 Å². The minimum absolute atomic E-state index is 0.0301. The third kappa shape index (κ3) is 3.22. The molecule has 2 rings (SSSR count). The summed E-state index contributed by atoms with van der Waals surface area (Å²) in [6, 6.07) is 7.38. The molecule has 0 unspecified atom stereocenters. The maximum Gasteiger partial charge on any atom is 0.258 e. The summed E-state index contributed by atoms with van der Waals surface area (Å²) in [5.74, 6) is -1.05. The average molecular weight is 299 g/mol. The summed E-state index contributed by atoms with van der Waals surface area (Å²) in [7, 11) is 0. The van der Waals surface area contributed by atoms with Gasteiger partial charge in [0.1, 0.15) is 16.1 Å². The molecule has 0 fully saturated rings. The number of aryl methyl sites for hydroxylation is 1. The predicted molar refractivity (Wildman–Crippen MR) is 73.3 cm³/mol. The van der Waals surface area contributed by atoms with E-state index in [2.05, 4.69) is 10.3 Å². The number of halogens is 3. The van der Waals surface area contributed by atoms with Gasteiger partial charge in [0, 0.05) is 0 Å². The molecular weight excluding hydrogens is 290 g/mol. The fourth-order valence-corrected chi connectivity index (χ4v) is 1.92. The lowest BCUT2D eigenvalue weighted by molar-refractivity contribution is 0.102. The largest absolute Gasteiger partial charge is 0.319 e. The number of aromatic nitrogens is 1. The van der Waals surface area contributed by atoms with Gasteiger partial charge in [0.05, 0.1) is 11.3 Å². The Morgan fingerprint density at radius 3 is 2.63 bits per heavy atom. The minimum atomic E-state index is -0.545. The van der Waals surface area contributed by atoms with Crippen LogP contribution in [0, 0.1) is 12.7 Å². The fraction of sp³-hybridized carbons (Fsp3) is 0.0769. The molecule has 0 atom stereocenters. The highest BCUT2D eigenvalue weighted by Gasteiger charge is 2.14. The van der Waals surface area contributed by atoms with Crippen molar-refractivity contribution in [3.8, 4) is 0 Å². The molecule has 19 heavy (non-hydrogen) atoms. The molecule has 98 valence electrons. The predicted octanol–water partition coefficient (Wildman–Crippen LogP) is 4.09. The molecule has 1 aromatic heterocycles. The van der Waals surface area contributed by atoms with Crippen LogP contribution in [0.1, 0.15) is 15.9 Å². The Bertz CT molecular complexity index is 647. The third-order valence-electron chi connectivity index (χ3n) is 2.43. The SMILES string of the molecule is Cc1ccc(NC(=O)c2ccc(Cl)nc2Cl)c(F)c1. The molecule has 0 saturated carbocycles. The zero-order valence-electron chi connectivity index (χ0n) is 9.88. The van der Waals surface area contributed by atoms with Gasteiger partial charge in [0.25, 0.3) is 5.91 Å². The first-order chi connectivity index (χ1) is 8.97. The van der Waals surface area contributed by atoms with Crippen molar-refractivity contribution in [3.05, 3.63) is 57.6 Å². The van der Waals surface area contributed by atoms with E-state index in [0.29, 0.717) is 0 Å². The number of rotatable bonds is 2. The van der Waals surface area contributed by atoms with E-state index in [0.717, 1.165) is 5.56 Å². The van der Waals surface area contributed by atoms with Crippen LogP contribution < -0.4 is 5.32 Å². The van der Waals surface area contributed by atoms with E-state index in [1.807, 2.05) is 0 Å². The summed E-state index contributed by atoms with van der Waals surface area (Å²) < 4.78 is 13.6. The molecule has 0 spiro atoms. The van der Waals surface area contributed by atoms with Gasteiger partial charge >= 0.3 is 0 Å². The van der Waals surface area contributed by atoms with Gasteiger partial charge in [-0.3, -0.25) is 4.79 Å². The van der Waals surface area contributed by atoms with Gasteiger partial charge in [-0.15, -0.1) is 0 Å². The zero-order chi connectivity index (χ0) is 14.0. The number of hydrogen-bond donors (Lipinski definition) is 1. The number of nitrogens with zero attached hydrogens (tertiary/aromatic N) is 1. The third-order valence-corrected chi connectivity index (χ3v) is 2.93. The standard InChI is InChI=1S/C13H9Cl2FN2O/c1-7-2-4-10(9(16)6-7)17-13(19)8-3-5-11(14)18-12(8)15/h2-6H,1H3,(H,17,19). The number of benzene rings is 1. The first-order valence-corrected chi connectivity index (χ1v) is 6.12. The summed E-state index contributed by atoms with van der Waals surface area (Å²) in [4.78, 5) is 15.7. The Labute approximate surface area is 119 Å². The normalized spacial score (nSPS) is 10.3. The van der Waals surface area contributed by atoms with E-state index in [4.69, 9.17) is 23.2 Å². The molecule has 1 aromatic carbocycles. The molecule has 0 aliphatic heterocycles. The number of carbonyl (C=O) groups excluding carboxylic acids is 1. The maximum atomic E-state index is 13.6. The highest BCUT2D eigenvalue weighted by atomic mass is 35.5. The molecule has 0 radical (unpaired) electrons. The lowest BCUT2D eigenvalue weighted by Crippen LogP contribution is -2.14. The van der Waals surface area contributed by atoms with Crippen molar-refractivity contribution < 1.29 is 9.18 Å². The number of carbonyl (C=O) groups is 1. The van der Waals surface area contributed by atoms with Crippen molar-refractivity contribution in [2.24, 2.45) is 0 Å². The second kappa shape index (κ2) is 5.55. The molecule has 1 heterocycles. The lowest BCUT2D eigenvalue weighted by atomic mass is 10.2. The van der Waals surface area contributed by atoms with Gasteiger partial charge in [0.15, 0.2) is 0 Å². The number of hydrogen-bond acceptors (Lipinski definition) is 2. The average Bonchev–Trinajstić information content (AvgIpc) is 2.32. The van der Waals surface area contributed by atoms with Crippen molar-refractivity contribution in [2.45, 2.75) is 6.92 Å². The van der Waals surface area contributed by atoms with Crippen LogP contribution in [-0.4, -0.2) is 10.9 Å². The highest BCUT2D eigenvalue weighted by Crippen LogP contribution is 2.20. The molecule has 1 amide bonds. The quantitative estimate of drug-likeness (QED) is 0.849. The summed E-state index contributed by atoms with van der Waals surface area (Å²) in [5.41, 5.74) is 0.981. The Kier molecular flexibility index (Phi) is 4.02. The van der Waals surface area contributed by atoms with Gasteiger partial charge in [-0.05, 0) is 36.8 Å². The van der Waals surface area contributed by atoms with Crippen molar-refractivity contribution in [3.63, 3.8) is 0 Å². The van der Waals surface area contributed by atoms with E-state index >= 15 is 0 Å². The van der Waals surface area contributed by atoms with E-state index < -0.39 is 11.7 Å². The molecule has 0 saturated heterocycles. The second-order valence-corrected chi connectivity index (χ2v) is 4.66. The molecule has 3 nitrogen and oxygen atoms in total.